The van der Waals surface area contributed by atoms with Gasteiger partial charge in [-0.15, -0.1) is 0 Å². The van der Waals surface area contributed by atoms with Crippen LogP contribution in [0.2, 0.25) is 0 Å². The Morgan fingerprint density at radius 3 is 2.65 bits per heavy atom. The molecule has 0 unspecified atom stereocenters. The number of hydrogen-bond acceptors (Lipinski definition) is 5. The molecule has 2 rings (SSSR count). The van der Waals surface area contributed by atoms with Crippen LogP contribution in [0.1, 0.15) is 12.8 Å². The summed E-state index contributed by atoms with van der Waals surface area (Å²) in [5.41, 5.74) is 5.54. The number of piperidine rings is 1. The van der Waals surface area contributed by atoms with Crippen LogP contribution in [0, 0.1) is 0 Å². The van der Waals surface area contributed by atoms with Gasteiger partial charge < -0.3 is 10.5 Å². The monoisotopic (exact) mass is 260 g/mol. The minimum absolute atomic E-state index is 0.0494. The lowest BCUT2D eigenvalue weighted by molar-refractivity contribution is 0.0604. The van der Waals surface area contributed by atoms with E-state index in [4.69, 9.17) is 10.5 Å². The molecule has 17 heavy (non-hydrogen) atoms. The fraction of sp³-hybridized carbons (Fsp3) is 0.667. The molecule has 1 saturated heterocycles. The number of nitrogen functional groups attached to an aromatic ring is 1. The van der Waals surface area contributed by atoms with Crippen molar-refractivity contribution in [2.24, 2.45) is 0 Å². The second-order valence-electron chi connectivity index (χ2n) is 3.99. The van der Waals surface area contributed by atoms with Gasteiger partial charge in [-0.3, -0.25) is 5.10 Å². The fourth-order valence-corrected chi connectivity index (χ4v) is 3.42. The molecule has 7 nitrogen and oxygen atoms in total. The van der Waals surface area contributed by atoms with Crippen LogP contribution < -0.4 is 5.73 Å². The quantitative estimate of drug-likeness (QED) is 0.783. The number of anilines is 1. The number of nitrogens with two attached hydrogens (primary N) is 1. The van der Waals surface area contributed by atoms with Crippen LogP contribution in [-0.4, -0.2) is 49.2 Å². The van der Waals surface area contributed by atoms with Crippen LogP contribution in [0.3, 0.4) is 0 Å². The molecule has 0 spiro atoms. The molecule has 0 aromatic carbocycles. The maximum absolute atomic E-state index is 12.2. The molecule has 96 valence electrons. The van der Waals surface area contributed by atoms with Crippen molar-refractivity contribution in [3.63, 3.8) is 0 Å². The molecule has 1 aliphatic heterocycles. The first-order valence-electron chi connectivity index (χ1n) is 5.37. The van der Waals surface area contributed by atoms with Crippen molar-refractivity contribution >= 4 is 15.8 Å². The van der Waals surface area contributed by atoms with Gasteiger partial charge in [-0.25, -0.2) is 8.42 Å². The molecule has 1 aromatic rings. The van der Waals surface area contributed by atoms with E-state index >= 15 is 0 Å². The topological polar surface area (TPSA) is 101 Å². The smallest absolute Gasteiger partial charge is 0.248 e. The zero-order valence-corrected chi connectivity index (χ0v) is 10.4. The molecule has 1 aromatic heterocycles. The van der Waals surface area contributed by atoms with Gasteiger partial charge in [0.05, 0.1) is 12.3 Å². The van der Waals surface area contributed by atoms with Gasteiger partial charge in [-0.05, 0) is 12.8 Å². The molecular weight excluding hydrogens is 244 g/mol. The van der Waals surface area contributed by atoms with Crippen molar-refractivity contribution in [2.75, 3.05) is 25.9 Å². The third-order valence-electron chi connectivity index (χ3n) is 2.98. The van der Waals surface area contributed by atoms with Crippen molar-refractivity contribution < 1.29 is 13.2 Å². The lowest BCUT2D eigenvalue weighted by Gasteiger charge is -2.30. The first-order valence-corrected chi connectivity index (χ1v) is 6.81. The van der Waals surface area contributed by atoms with E-state index in [0.717, 1.165) is 0 Å². The van der Waals surface area contributed by atoms with Gasteiger partial charge >= 0.3 is 0 Å². The zero-order valence-electron chi connectivity index (χ0n) is 9.59. The summed E-state index contributed by atoms with van der Waals surface area (Å²) in [4.78, 5) is 0.0494. The van der Waals surface area contributed by atoms with E-state index in [0.29, 0.717) is 25.9 Å². The molecule has 3 N–H and O–H groups in total. The summed E-state index contributed by atoms with van der Waals surface area (Å²) in [5.74, 6) is 0.0823. The molecule has 2 heterocycles. The molecule has 0 atom stereocenters. The van der Waals surface area contributed by atoms with Crippen LogP contribution in [-0.2, 0) is 14.8 Å². The molecule has 0 radical (unpaired) electrons. The number of rotatable bonds is 3. The Hall–Kier alpha value is -1.12. The van der Waals surface area contributed by atoms with Crippen LogP contribution >= 0.6 is 0 Å². The summed E-state index contributed by atoms with van der Waals surface area (Å²) in [6.07, 6.45) is 2.79. The standard InChI is InChI=1S/C9H16N4O3S/c1-16-7-2-4-13(5-3-7)17(14,15)8-6-11-12-9(8)10/h6-7H,2-5H2,1H3,(H3,10,11,12). The average molecular weight is 260 g/mol. The zero-order chi connectivity index (χ0) is 12.5. The minimum atomic E-state index is -3.52. The molecule has 0 aliphatic carbocycles. The van der Waals surface area contributed by atoms with Gasteiger partial charge in [0.1, 0.15) is 10.7 Å². The summed E-state index contributed by atoms with van der Waals surface area (Å²) in [6.45, 7) is 0.900. The van der Waals surface area contributed by atoms with Gasteiger partial charge in [0.15, 0.2) is 0 Å². The van der Waals surface area contributed by atoms with E-state index in [9.17, 15) is 8.42 Å². The lowest BCUT2D eigenvalue weighted by Crippen LogP contribution is -2.40. The summed E-state index contributed by atoms with van der Waals surface area (Å²) < 4.78 is 31.0. The van der Waals surface area contributed by atoms with Crippen molar-refractivity contribution in [1.82, 2.24) is 14.5 Å². The summed E-state index contributed by atoms with van der Waals surface area (Å²) in [6, 6.07) is 0. The van der Waals surface area contributed by atoms with E-state index in [-0.39, 0.29) is 16.8 Å². The van der Waals surface area contributed by atoms with Crippen molar-refractivity contribution in [3.05, 3.63) is 6.20 Å². The molecule has 8 heteroatoms. The molecule has 0 amide bonds. The Bertz CT molecular complexity index is 476. The highest BCUT2D eigenvalue weighted by Gasteiger charge is 2.31. The Labute approximate surface area is 100.0 Å². The predicted molar refractivity (Wildman–Crippen MR) is 61.8 cm³/mol. The van der Waals surface area contributed by atoms with Gasteiger partial charge in [0.2, 0.25) is 10.0 Å². The second-order valence-corrected chi connectivity index (χ2v) is 5.89. The Morgan fingerprint density at radius 2 is 2.18 bits per heavy atom. The number of aromatic amines is 1. The number of sulfonamides is 1. The largest absolute Gasteiger partial charge is 0.383 e. The van der Waals surface area contributed by atoms with Crippen molar-refractivity contribution in [1.29, 1.82) is 0 Å². The first-order chi connectivity index (χ1) is 8.05. The number of methoxy groups -OCH3 is 1. The van der Waals surface area contributed by atoms with Gasteiger partial charge in [-0.1, -0.05) is 0 Å². The third-order valence-corrected chi connectivity index (χ3v) is 4.91. The first kappa shape index (κ1) is 12.3. The predicted octanol–water partition coefficient (Wildman–Crippen LogP) is -0.209. The third kappa shape index (κ3) is 2.28. The SMILES string of the molecule is COC1CCN(S(=O)(=O)c2cn[nH]c2N)CC1. The van der Waals surface area contributed by atoms with E-state index in [1.165, 1.54) is 10.5 Å². The van der Waals surface area contributed by atoms with E-state index < -0.39 is 10.0 Å². The molecule has 1 fully saturated rings. The summed E-state index contributed by atoms with van der Waals surface area (Å²) in [5, 5.41) is 6.06. The minimum Gasteiger partial charge on any atom is -0.383 e. The molecular formula is C9H16N4O3S. The summed E-state index contributed by atoms with van der Waals surface area (Å²) in [7, 11) is -1.88. The highest BCUT2D eigenvalue weighted by molar-refractivity contribution is 7.89. The van der Waals surface area contributed by atoms with E-state index in [1.807, 2.05) is 0 Å². The number of nitrogens with one attached hydrogen (secondary N) is 1. The number of aromatic nitrogens is 2. The molecule has 0 bridgehead atoms. The fourth-order valence-electron chi connectivity index (χ4n) is 1.94. The number of ether oxygens (including phenoxy) is 1. The molecule has 1 aliphatic rings. The number of nitrogens with zero attached hydrogens (tertiary/aromatic N) is 2. The maximum atomic E-state index is 12.2. The Morgan fingerprint density at radius 1 is 1.53 bits per heavy atom. The number of H-pyrrole nitrogens is 1. The second kappa shape index (κ2) is 4.63. The normalized spacial score (nSPS) is 19.6. The molecule has 0 saturated carbocycles. The summed E-state index contributed by atoms with van der Waals surface area (Å²) >= 11 is 0. The maximum Gasteiger partial charge on any atom is 0.248 e. The van der Waals surface area contributed by atoms with E-state index in [2.05, 4.69) is 10.2 Å². The highest BCUT2D eigenvalue weighted by Crippen LogP contribution is 2.23. The van der Waals surface area contributed by atoms with Crippen LogP contribution in [0.4, 0.5) is 5.82 Å². The van der Waals surface area contributed by atoms with Crippen LogP contribution in [0.5, 0.6) is 0 Å². The van der Waals surface area contributed by atoms with Crippen molar-refractivity contribution in [3.8, 4) is 0 Å². The highest BCUT2D eigenvalue weighted by atomic mass is 32.2. The van der Waals surface area contributed by atoms with Crippen molar-refractivity contribution in [2.45, 2.75) is 23.8 Å². The average Bonchev–Trinajstić information content (AvgIpc) is 2.76. The van der Waals surface area contributed by atoms with Crippen LogP contribution in [0.25, 0.3) is 0 Å². The number of hydrogen-bond donors (Lipinski definition) is 2. The Kier molecular flexibility index (Phi) is 3.36. The van der Waals surface area contributed by atoms with Gasteiger partial charge in [0, 0.05) is 20.2 Å². The Balaban J connectivity index is 2.16. The van der Waals surface area contributed by atoms with E-state index in [1.54, 1.807) is 7.11 Å². The van der Waals surface area contributed by atoms with Gasteiger partial charge in [0.25, 0.3) is 0 Å². The van der Waals surface area contributed by atoms with Gasteiger partial charge in [-0.2, -0.15) is 9.40 Å². The lowest BCUT2D eigenvalue weighted by atomic mass is 10.1. The van der Waals surface area contributed by atoms with Crippen LogP contribution in [0.15, 0.2) is 11.1 Å².